The summed E-state index contributed by atoms with van der Waals surface area (Å²) >= 11 is 2.08. The van der Waals surface area contributed by atoms with Crippen molar-refractivity contribution in [3.05, 3.63) is 0 Å². The summed E-state index contributed by atoms with van der Waals surface area (Å²) in [7, 11) is 0. The molecule has 0 amide bonds. The highest BCUT2D eigenvalue weighted by Crippen LogP contribution is 2.30. The molecular weight excluding hydrogens is 204 g/mol. The van der Waals surface area contributed by atoms with Crippen LogP contribution >= 0.6 is 11.8 Å². The minimum atomic E-state index is 0.0259. The second-order valence-corrected chi connectivity index (χ2v) is 7.19. The van der Waals surface area contributed by atoms with Crippen molar-refractivity contribution in [2.75, 3.05) is 25.4 Å². The quantitative estimate of drug-likeness (QED) is 0.804. The summed E-state index contributed by atoms with van der Waals surface area (Å²) in [5.41, 5.74) is 6.39. The minimum Gasteiger partial charge on any atom is -0.324 e. The summed E-state index contributed by atoms with van der Waals surface area (Å²) in [5, 5.41) is 0. The fraction of sp³-hybridized carbons (Fsp3) is 1.00. The van der Waals surface area contributed by atoms with E-state index in [2.05, 4.69) is 44.4 Å². The van der Waals surface area contributed by atoms with Crippen LogP contribution in [0.3, 0.4) is 0 Å². The smallest absolute Gasteiger partial charge is 0.0278 e. The molecule has 1 aliphatic rings. The van der Waals surface area contributed by atoms with Gasteiger partial charge in [-0.25, -0.2) is 0 Å². The summed E-state index contributed by atoms with van der Waals surface area (Å²) in [6.45, 7) is 12.5. The molecule has 0 atom stereocenters. The highest BCUT2D eigenvalue weighted by Gasteiger charge is 2.31. The Morgan fingerprint density at radius 3 is 2.40 bits per heavy atom. The van der Waals surface area contributed by atoms with Gasteiger partial charge in [0.15, 0.2) is 0 Å². The monoisotopic (exact) mass is 230 g/mol. The van der Waals surface area contributed by atoms with E-state index in [9.17, 15) is 0 Å². The number of nitrogens with two attached hydrogens (primary N) is 1. The molecule has 0 radical (unpaired) electrons. The van der Waals surface area contributed by atoms with Gasteiger partial charge in [0.2, 0.25) is 0 Å². The molecule has 3 heteroatoms. The lowest BCUT2D eigenvalue weighted by atomic mass is 9.93. The molecule has 1 heterocycles. The van der Waals surface area contributed by atoms with E-state index in [0.717, 1.165) is 19.4 Å². The lowest BCUT2D eigenvalue weighted by Gasteiger charge is -2.41. The second kappa shape index (κ2) is 5.07. The van der Waals surface area contributed by atoms with Crippen molar-refractivity contribution in [2.45, 2.75) is 50.8 Å². The van der Waals surface area contributed by atoms with E-state index in [-0.39, 0.29) is 5.54 Å². The van der Waals surface area contributed by atoms with Crippen LogP contribution in [0, 0.1) is 0 Å². The molecule has 0 aliphatic carbocycles. The highest BCUT2D eigenvalue weighted by molar-refractivity contribution is 8.00. The Kier molecular flexibility index (Phi) is 4.50. The third-order valence-corrected chi connectivity index (χ3v) is 4.75. The van der Waals surface area contributed by atoms with Gasteiger partial charge in [-0.15, -0.1) is 0 Å². The predicted octanol–water partition coefficient (Wildman–Crippen LogP) is 2.33. The zero-order valence-electron chi connectivity index (χ0n) is 10.7. The molecule has 15 heavy (non-hydrogen) atoms. The maximum Gasteiger partial charge on any atom is 0.0278 e. The molecule has 0 spiro atoms. The predicted molar refractivity (Wildman–Crippen MR) is 70.5 cm³/mol. The summed E-state index contributed by atoms with van der Waals surface area (Å²) in [6.07, 6.45) is 2.15. The first-order valence-electron chi connectivity index (χ1n) is 6.06. The Morgan fingerprint density at radius 1 is 1.33 bits per heavy atom. The van der Waals surface area contributed by atoms with Crippen molar-refractivity contribution in [1.29, 1.82) is 0 Å². The zero-order chi connectivity index (χ0) is 11.5. The van der Waals surface area contributed by atoms with Crippen molar-refractivity contribution in [1.82, 2.24) is 4.90 Å². The van der Waals surface area contributed by atoms with Gasteiger partial charge in [-0.05, 0) is 26.7 Å². The van der Waals surface area contributed by atoms with Crippen LogP contribution in [-0.4, -0.2) is 40.6 Å². The third kappa shape index (κ3) is 3.97. The van der Waals surface area contributed by atoms with Crippen LogP contribution < -0.4 is 5.73 Å². The fourth-order valence-electron chi connectivity index (χ4n) is 2.17. The molecule has 1 aliphatic heterocycles. The van der Waals surface area contributed by atoms with Crippen molar-refractivity contribution in [3.63, 3.8) is 0 Å². The molecule has 0 saturated carbocycles. The van der Waals surface area contributed by atoms with E-state index >= 15 is 0 Å². The van der Waals surface area contributed by atoms with Gasteiger partial charge in [0.05, 0.1) is 0 Å². The van der Waals surface area contributed by atoms with Gasteiger partial charge >= 0.3 is 0 Å². The van der Waals surface area contributed by atoms with E-state index in [4.69, 9.17) is 5.73 Å². The molecular formula is C12H26N2S. The van der Waals surface area contributed by atoms with Crippen LogP contribution in [0.25, 0.3) is 0 Å². The molecule has 0 aromatic rings. The van der Waals surface area contributed by atoms with Gasteiger partial charge in [-0.1, -0.05) is 13.8 Å². The van der Waals surface area contributed by atoms with Crippen molar-refractivity contribution < 1.29 is 0 Å². The van der Waals surface area contributed by atoms with Crippen LogP contribution in [0.15, 0.2) is 0 Å². The molecule has 1 saturated heterocycles. The van der Waals surface area contributed by atoms with Crippen molar-refractivity contribution in [3.8, 4) is 0 Å². The first-order valence-corrected chi connectivity index (χ1v) is 7.04. The summed E-state index contributed by atoms with van der Waals surface area (Å²) in [5.74, 6) is 1.25. The molecule has 0 aromatic carbocycles. The van der Waals surface area contributed by atoms with Crippen LogP contribution in [-0.2, 0) is 0 Å². The SMILES string of the molecule is CCC(N)(CC)CN1CCSC(C)(C)C1. The first-order chi connectivity index (χ1) is 6.91. The molecule has 0 unspecified atom stereocenters. The van der Waals surface area contributed by atoms with Crippen LogP contribution in [0.4, 0.5) is 0 Å². The number of hydrogen-bond donors (Lipinski definition) is 1. The second-order valence-electron chi connectivity index (χ2n) is 5.39. The average Bonchev–Trinajstić information content (AvgIpc) is 2.16. The van der Waals surface area contributed by atoms with Crippen molar-refractivity contribution >= 4 is 11.8 Å². The Balaban J connectivity index is 2.51. The average molecular weight is 230 g/mol. The van der Waals surface area contributed by atoms with E-state index in [1.807, 2.05) is 0 Å². The van der Waals surface area contributed by atoms with Gasteiger partial charge in [0.1, 0.15) is 0 Å². The molecule has 90 valence electrons. The van der Waals surface area contributed by atoms with Gasteiger partial charge in [0.25, 0.3) is 0 Å². The van der Waals surface area contributed by atoms with E-state index in [1.54, 1.807) is 0 Å². The van der Waals surface area contributed by atoms with Gasteiger partial charge in [-0.2, -0.15) is 11.8 Å². The maximum atomic E-state index is 6.37. The van der Waals surface area contributed by atoms with E-state index in [1.165, 1.54) is 18.8 Å². The lowest BCUT2D eigenvalue weighted by molar-refractivity contribution is 0.191. The topological polar surface area (TPSA) is 29.3 Å². The Hall–Kier alpha value is 0.270. The first kappa shape index (κ1) is 13.3. The number of hydrogen-bond acceptors (Lipinski definition) is 3. The molecule has 1 rings (SSSR count). The Bertz CT molecular complexity index is 200. The minimum absolute atomic E-state index is 0.0259. The largest absolute Gasteiger partial charge is 0.324 e. The van der Waals surface area contributed by atoms with Crippen molar-refractivity contribution in [2.24, 2.45) is 5.73 Å². The number of thioether (sulfide) groups is 1. The summed E-state index contributed by atoms with van der Waals surface area (Å²) in [6, 6.07) is 0. The van der Waals surface area contributed by atoms with Gasteiger partial charge in [-0.3, -0.25) is 4.90 Å². The van der Waals surface area contributed by atoms with E-state index in [0.29, 0.717) is 4.75 Å². The Labute approximate surface area is 99.0 Å². The van der Waals surface area contributed by atoms with E-state index < -0.39 is 0 Å². The Morgan fingerprint density at radius 2 is 1.93 bits per heavy atom. The normalized spacial score (nSPS) is 23.0. The number of nitrogens with zero attached hydrogens (tertiary/aromatic N) is 1. The van der Waals surface area contributed by atoms with Crippen LogP contribution in [0.5, 0.6) is 0 Å². The fourth-order valence-corrected chi connectivity index (χ4v) is 3.34. The molecule has 0 bridgehead atoms. The highest BCUT2D eigenvalue weighted by atomic mass is 32.2. The summed E-state index contributed by atoms with van der Waals surface area (Å²) in [4.78, 5) is 2.55. The van der Waals surface area contributed by atoms with Gasteiger partial charge < -0.3 is 5.73 Å². The van der Waals surface area contributed by atoms with Gasteiger partial charge in [0, 0.05) is 35.7 Å². The lowest BCUT2D eigenvalue weighted by Crippen LogP contribution is -2.54. The molecule has 1 fully saturated rings. The number of rotatable bonds is 4. The molecule has 0 aromatic heterocycles. The third-order valence-electron chi connectivity index (χ3n) is 3.45. The van der Waals surface area contributed by atoms with Crippen LogP contribution in [0.2, 0.25) is 0 Å². The molecule has 2 nitrogen and oxygen atoms in total. The standard InChI is InChI=1S/C12H26N2S/c1-5-12(13,6-2)10-14-7-8-15-11(3,4)9-14/h5-10,13H2,1-4H3. The molecule has 2 N–H and O–H groups in total. The van der Waals surface area contributed by atoms with Crippen LogP contribution in [0.1, 0.15) is 40.5 Å². The summed E-state index contributed by atoms with van der Waals surface area (Å²) < 4.78 is 0.403. The zero-order valence-corrected chi connectivity index (χ0v) is 11.5. The maximum absolute atomic E-state index is 6.37.